The van der Waals surface area contributed by atoms with Gasteiger partial charge in [0.15, 0.2) is 22.7 Å². The van der Waals surface area contributed by atoms with E-state index in [-0.39, 0.29) is 50.0 Å². The Hall–Kier alpha value is -4.11. The van der Waals surface area contributed by atoms with Crippen molar-refractivity contribution in [1.82, 2.24) is 0 Å². The number of hydrogen-bond donors (Lipinski definition) is 4. The molecule has 2 aromatic heterocycles. The summed E-state index contributed by atoms with van der Waals surface area (Å²) < 4.78 is 37.4. The number of benzene rings is 2. The van der Waals surface area contributed by atoms with Crippen LogP contribution < -0.4 is 25.5 Å². The van der Waals surface area contributed by atoms with Gasteiger partial charge in [-0.3, -0.25) is 4.79 Å². The lowest BCUT2D eigenvalue weighted by Gasteiger charge is -2.40. The van der Waals surface area contributed by atoms with Gasteiger partial charge in [0.2, 0.25) is 17.8 Å². The number of phenolic OH excluding ortho intramolecular Hbond substituents is 1. The number of carbonyl (C=O) groups excluding carboxylic acids is 1. The minimum absolute atomic E-state index is 0.0388. The van der Waals surface area contributed by atoms with E-state index in [2.05, 4.69) is 0 Å². The van der Waals surface area contributed by atoms with Gasteiger partial charge in [-0.1, -0.05) is 0 Å². The van der Waals surface area contributed by atoms with Crippen LogP contribution >= 0.6 is 0 Å². The van der Waals surface area contributed by atoms with Crippen molar-refractivity contribution >= 4 is 38.7 Å². The van der Waals surface area contributed by atoms with Crippen LogP contribution in [0.25, 0.3) is 32.7 Å². The van der Waals surface area contributed by atoms with Crippen LogP contribution in [0.1, 0.15) is 6.92 Å². The molecule has 38 heavy (non-hydrogen) atoms. The molecule has 14 nitrogen and oxygen atoms in total. The third-order valence-corrected chi connectivity index (χ3v) is 6.29. The fourth-order valence-electron chi connectivity index (χ4n) is 4.46. The summed E-state index contributed by atoms with van der Waals surface area (Å²) in [6.07, 6.45) is -8.10. The average Bonchev–Trinajstić information content (AvgIpc) is 2.88. The number of ether oxygens (including phenoxy) is 5. The van der Waals surface area contributed by atoms with E-state index in [0.29, 0.717) is 0 Å². The molecule has 1 fully saturated rings. The summed E-state index contributed by atoms with van der Waals surface area (Å²) in [6, 6.07) is 2.42. The van der Waals surface area contributed by atoms with E-state index in [0.717, 1.165) is 6.92 Å². The number of carbonyl (C=O) groups is 1. The van der Waals surface area contributed by atoms with Gasteiger partial charge in [0.25, 0.3) is 0 Å². The Morgan fingerprint density at radius 3 is 2.11 bits per heavy atom. The van der Waals surface area contributed by atoms with Crippen molar-refractivity contribution in [3.63, 3.8) is 0 Å². The number of phenols is 1. The molecule has 2 aromatic carbocycles. The Labute approximate surface area is 211 Å². The maximum Gasteiger partial charge on any atom is 0.344 e. The smallest absolute Gasteiger partial charge is 0.344 e. The Morgan fingerprint density at radius 1 is 0.895 bits per heavy atom. The van der Waals surface area contributed by atoms with Crippen LogP contribution in [-0.2, 0) is 14.3 Å². The standard InChI is InChI=1S/C24H22O14/c1-7(25)34-6-12-15(26)17(28)18(29)24(36-12)35-11-5-9-14-13-8(23(31)38-21(14)19(11)33-3)4-10(32-2)16(27)20(13)37-22(9)30/h4-5,12,15,17-18,24,26-29H,6H2,1-3H3. The first kappa shape index (κ1) is 25.5. The summed E-state index contributed by atoms with van der Waals surface area (Å²) in [7, 11) is 2.48. The van der Waals surface area contributed by atoms with Crippen molar-refractivity contribution in [2.75, 3.05) is 20.8 Å². The Balaban J connectivity index is 1.68. The second-order valence-corrected chi connectivity index (χ2v) is 8.55. The van der Waals surface area contributed by atoms with Crippen molar-refractivity contribution < 1.29 is 57.7 Å². The minimum Gasteiger partial charge on any atom is -0.502 e. The fraction of sp³-hybridized carbons (Fsp3) is 0.375. The van der Waals surface area contributed by atoms with Crippen LogP contribution in [0.5, 0.6) is 23.0 Å². The molecule has 0 radical (unpaired) electrons. The molecule has 5 unspecified atom stereocenters. The first-order valence-electron chi connectivity index (χ1n) is 11.2. The van der Waals surface area contributed by atoms with Gasteiger partial charge in [0.05, 0.1) is 25.0 Å². The van der Waals surface area contributed by atoms with Gasteiger partial charge < -0.3 is 52.9 Å². The van der Waals surface area contributed by atoms with Gasteiger partial charge in [-0.05, 0) is 12.1 Å². The zero-order chi connectivity index (χ0) is 27.5. The molecular formula is C24H22O14. The highest BCUT2D eigenvalue weighted by Gasteiger charge is 2.46. The van der Waals surface area contributed by atoms with Crippen LogP contribution in [0, 0.1) is 0 Å². The second kappa shape index (κ2) is 9.33. The van der Waals surface area contributed by atoms with Crippen molar-refractivity contribution in [2.45, 2.75) is 37.6 Å². The lowest BCUT2D eigenvalue weighted by Crippen LogP contribution is -2.60. The quantitative estimate of drug-likeness (QED) is 0.146. The number of esters is 1. The SMILES string of the molecule is COc1cc2c(=O)oc3c(OC)c(OC4OC(COC(C)=O)C(O)C(O)C4O)cc4c(=O)oc(c1O)c2c34. The molecule has 1 aliphatic rings. The normalized spacial score (nSPS) is 23.7. The minimum atomic E-state index is -1.79. The fourth-order valence-corrected chi connectivity index (χ4v) is 4.46. The maximum absolute atomic E-state index is 13.0. The molecule has 1 aliphatic heterocycles. The summed E-state index contributed by atoms with van der Waals surface area (Å²) in [6.45, 7) is 0.681. The first-order chi connectivity index (χ1) is 18.1. The second-order valence-electron chi connectivity index (χ2n) is 8.55. The largest absolute Gasteiger partial charge is 0.502 e. The molecular weight excluding hydrogens is 512 g/mol. The van der Waals surface area contributed by atoms with Gasteiger partial charge in [-0.2, -0.15) is 0 Å². The molecule has 5 atom stereocenters. The first-order valence-corrected chi connectivity index (χ1v) is 11.2. The maximum atomic E-state index is 13.0. The molecule has 1 saturated heterocycles. The van der Waals surface area contributed by atoms with Gasteiger partial charge in [-0.15, -0.1) is 0 Å². The molecule has 5 rings (SSSR count). The Morgan fingerprint density at radius 2 is 1.50 bits per heavy atom. The number of rotatable bonds is 6. The van der Waals surface area contributed by atoms with E-state index < -0.39 is 60.3 Å². The summed E-state index contributed by atoms with van der Waals surface area (Å²) >= 11 is 0. The number of aliphatic hydroxyl groups excluding tert-OH is 3. The number of aliphatic hydroxyl groups is 3. The average molecular weight is 534 g/mol. The molecule has 0 bridgehead atoms. The third kappa shape index (κ3) is 3.85. The predicted octanol–water partition coefficient (Wildman–Crippen LogP) is -0.0373. The van der Waals surface area contributed by atoms with E-state index >= 15 is 0 Å². The zero-order valence-corrected chi connectivity index (χ0v) is 20.1. The Kier molecular flexibility index (Phi) is 6.27. The summed E-state index contributed by atoms with van der Waals surface area (Å²) in [5.74, 6) is -1.73. The highest BCUT2D eigenvalue weighted by atomic mass is 16.7. The van der Waals surface area contributed by atoms with Crippen molar-refractivity contribution in [3.05, 3.63) is 33.0 Å². The van der Waals surface area contributed by atoms with Crippen LogP contribution in [0.2, 0.25) is 0 Å². The van der Waals surface area contributed by atoms with Crippen LogP contribution in [0.3, 0.4) is 0 Å². The van der Waals surface area contributed by atoms with E-state index in [1.807, 2.05) is 0 Å². The highest BCUT2D eigenvalue weighted by molar-refractivity contribution is 6.22. The lowest BCUT2D eigenvalue weighted by molar-refractivity contribution is -0.278. The van der Waals surface area contributed by atoms with E-state index in [9.17, 15) is 34.8 Å². The summed E-state index contributed by atoms with van der Waals surface area (Å²) in [4.78, 5) is 37.0. The van der Waals surface area contributed by atoms with E-state index in [1.165, 1.54) is 26.4 Å². The topological polar surface area (TPSA) is 205 Å². The lowest BCUT2D eigenvalue weighted by atomic mass is 9.99. The molecule has 4 aromatic rings. The van der Waals surface area contributed by atoms with Crippen molar-refractivity contribution in [3.8, 4) is 23.0 Å². The molecule has 14 heteroatoms. The predicted molar refractivity (Wildman–Crippen MR) is 126 cm³/mol. The summed E-state index contributed by atoms with van der Waals surface area (Å²) in [5, 5.41) is 41.5. The Bertz CT molecular complexity index is 1650. The third-order valence-electron chi connectivity index (χ3n) is 6.29. The molecule has 202 valence electrons. The van der Waals surface area contributed by atoms with Crippen LogP contribution in [0.4, 0.5) is 0 Å². The van der Waals surface area contributed by atoms with E-state index in [4.69, 9.17) is 32.5 Å². The molecule has 3 heterocycles. The molecule has 0 amide bonds. The van der Waals surface area contributed by atoms with Gasteiger partial charge >= 0.3 is 17.2 Å². The van der Waals surface area contributed by atoms with Crippen LogP contribution in [0.15, 0.2) is 30.6 Å². The molecule has 0 aliphatic carbocycles. The van der Waals surface area contributed by atoms with Crippen LogP contribution in [-0.4, -0.2) is 77.9 Å². The number of hydrogen-bond acceptors (Lipinski definition) is 14. The van der Waals surface area contributed by atoms with Gasteiger partial charge in [0.1, 0.15) is 31.0 Å². The van der Waals surface area contributed by atoms with Crippen molar-refractivity contribution in [1.29, 1.82) is 0 Å². The molecule has 4 N–H and O–H groups in total. The highest BCUT2D eigenvalue weighted by Crippen LogP contribution is 2.46. The zero-order valence-electron chi connectivity index (χ0n) is 20.1. The van der Waals surface area contributed by atoms with Crippen molar-refractivity contribution in [2.24, 2.45) is 0 Å². The van der Waals surface area contributed by atoms with Gasteiger partial charge in [-0.25, -0.2) is 9.59 Å². The molecule has 0 spiro atoms. The van der Waals surface area contributed by atoms with E-state index in [1.54, 1.807) is 0 Å². The number of aromatic hydroxyl groups is 1. The number of methoxy groups -OCH3 is 2. The summed E-state index contributed by atoms with van der Waals surface area (Å²) in [5.41, 5.74) is -2.36. The molecule has 0 saturated carbocycles. The monoisotopic (exact) mass is 534 g/mol. The van der Waals surface area contributed by atoms with Gasteiger partial charge in [0, 0.05) is 17.7 Å².